The van der Waals surface area contributed by atoms with Crippen LogP contribution in [-0.4, -0.2) is 32.3 Å². The van der Waals surface area contributed by atoms with E-state index >= 15 is 0 Å². The third kappa shape index (κ3) is 4.39. The summed E-state index contributed by atoms with van der Waals surface area (Å²) in [5.74, 6) is -1.10. The van der Waals surface area contributed by atoms with Gasteiger partial charge in [-0.1, -0.05) is 17.8 Å². The number of halogens is 3. The van der Waals surface area contributed by atoms with E-state index < -0.39 is 29.7 Å². The Morgan fingerprint density at radius 3 is 2.45 bits per heavy atom. The molecule has 112 valence electrons. The Morgan fingerprint density at radius 2 is 1.95 bits per heavy atom. The molecule has 3 N–H and O–H groups in total. The minimum absolute atomic E-state index is 0.140. The highest BCUT2D eigenvalue weighted by molar-refractivity contribution is 8.13. The van der Waals surface area contributed by atoms with Gasteiger partial charge in [0.25, 0.3) is 0 Å². The molecule has 0 aliphatic carbocycles. The van der Waals surface area contributed by atoms with Crippen LogP contribution in [0.4, 0.5) is 13.2 Å². The third-order valence-electron chi connectivity index (χ3n) is 2.49. The van der Waals surface area contributed by atoms with Crippen LogP contribution in [0.25, 0.3) is 0 Å². The topological polar surface area (TPSA) is 77.8 Å². The number of phenols is 1. The Kier molecular flexibility index (Phi) is 5.43. The number of aromatic hydroxyl groups is 1. The predicted octanol–water partition coefficient (Wildman–Crippen LogP) is 2.08. The number of thioether (sulfide) groups is 1. The van der Waals surface area contributed by atoms with Gasteiger partial charge in [-0.15, -0.1) is 0 Å². The molecule has 0 aliphatic rings. The summed E-state index contributed by atoms with van der Waals surface area (Å²) >= 11 is 0.755. The van der Waals surface area contributed by atoms with Crippen molar-refractivity contribution in [2.75, 3.05) is 5.75 Å². The maximum atomic E-state index is 12.6. The standard InChI is InChI=1S/C12H13F3O4S/c1-6(16)20-5-10(18)11(19)7-2-3-9(17)8(4-7)12(13,14)15/h2-4,10-11,17-19H,5H2,1H3. The fourth-order valence-corrected chi connectivity index (χ4v) is 2.07. The number of carbonyl (C=O) groups is 1. The monoisotopic (exact) mass is 310 g/mol. The van der Waals surface area contributed by atoms with E-state index in [-0.39, 0.29) is 16.4 Å². The Hall–Kier alpha value is -1.25. The number of benzene rings is 1. The summed E-state index contributed by atoms with van der Waals surface area (Å²) in [5.41, 5.74) is -1.48. The van der Waals surface area contributed by atoms with E-state index in [9.17, 15) is 28.2 Å². The molecule has 1 aromatic carbocycles. The molecule has 0 heterocycles. The molecule has 0 aromatic heterocycles. The van der Waals surface area contributed by atoms with Crippen LogP contribution in [0, 0.1) is 0 Å². The first-order chi connectivity index (χ1) is 9.12. The van der Waals surface area contributed by atoms with Gasteiger partial charge in [-0.2, -0.15) is 13.2 Å². The molecule has 0 aliphatic heterocycles. The number of phenolic OH excluding ortho intramolecular Hbond substituents is 1. The summed E-state index contributed by atoms with van der Waals surface area (Å²) in [7, 11) is 0. The minimum atomic E-state index is -4.76. The first-order valence-electron chi connectivity index (χ1n) is 5.52. The smallest absolute Gasteiger partial charge is 0.419 e. The van der Waals surface area contributed by atoms with Crippen LogP contribution in [-0.2, 0) is 11.0 Å². The van der Waals surface area contributed by atoms with E-state index in [4.69, 9.17) is 5.11 Å². The number of aliphatic hydroxyl groups excluding tert-OH is 2. The molecule has 20 heavy (non-hydrogen) atoms. The van der Waals surface area contributed by atoms with Gasteiger partial charge in [-0.05, 0) is 17.7 Å². The van der Waals surface area contributed by atoms with Gasteiger partial charge in [0.05, 0.1) is 11.7 Å². The SMILES string of the molecule is CC(=O)SCC(O)C(O)c1ccc(O)c(C(F)(F)F)c1. The van der Waals surface area contributed by atoms with Crippen molar-refractivity contribution in [3.05, 3.63) is 29.3 Å². The van der Waals surface area contributed by atoms with E-state index in [1.54, 1.807) is 0 Å². The summed E-state index contributed by atoms with van der Waals surface area (Å²) in [5, 5.41) is 28.3. The van der Waals surface area contributed by atoms with Crippen LogP contribution >= 0.6 is 11.8 Å². The molecule has 0 amide bonds. The van der Waals surface area contributed by atoms with Crippen molar-refractivity contribution in [3.63, 3.8) is 0 Å². The molecule has 1 rings (SSSR count). The molecule has 0 saturated carbocycles. The van der Waals surface area contributed by atoms with Gasteiger partial charge in [0.15, 0.2) is 5.12 Å². The predicted molar refractivity (Wildman–Crippen MR) is 67.2 cm³/mol. The molecule has 4 nitrogen and oxygen atoms in total. The quantitative estimate of drug-likeness (QED) is 0.794. The van der Waals surface area contributed by atoms with Gasteiger partial charge in [0, 0.05) is 12.7 Å². The highest BCUT2D eigenvalue weighted by atomic mass is 32.2. The number of alkyl halides is 3. The zero-order valence-corrected chi connectivity index (χ0v) is 11.2. The summed E-state index contributed by atoms with van der Waals surface area (Å²) in [6.45, 7) is 1.27. The summed E-state index contributed by atoms with van der Waals surface area (Å²) in [6.07, 6.45) is -7.74. The van der Waals surface area contributed by atoms with Gasteiger partial charge in [-0.3, -0.25) is 4.79 Å². The number of hydrogen-bond acceptors (Lipinski definition) is 5. The van der Waals surface area contributed by atoms with Crippen LogP contribution in [0.1, 0.15) is 24.2 Å². The van der Waals surface area contributed by atoms with Crippen molar-refractivity contribution < 1.29 is 33.3 Å². The van der Waals surface area contributed by atoms with Gasteiger partial charge >= 0.3 is 6.18 Å². The minimum Gasteiger partial charge on any atom is -0.507 e. The number of rotatable bonds is 4. The second kappa shape index (κ2) is 6.47. The lowest BCUT2D eigenvalue weighted by Gasteiger charge is -2.19. The molecule has 2 atom stereocenters. The van der Waals surface area contributed by atoms with Crippen LogP contribution in [0.2, 0.25) is 0 Å². The van der Waals surface area contributed by atoms with Crippen molar-refractivity contribution in [2.24, 2.45) is 0 Å². The first-order valence-corrected chi connectivity index (χ1v) is 6.51. The number of hydrogen-bond donors (Lipinski definition) is 3. The van der Waals surface area contributed by atoms with E-state index in [0.29, 0.717) is 6.07 Å². The molecular formula is C12H13F3O4S. The fraction of sp³-hybridized carbons (Fsp3) is 0.417. The van der Waals surface area contributed by atoms with Gasteiger partial charge in [0.2, 0.25) is 0 Å². The normalized spacial score (nSPS) is 14.9. The van der Waals surface area contributed by atoms with Crippen molar-refractivity contribution in [1.82, 2.24) is 0 Å². The zero-order valence-electron chi connectivity index (χ0n) is 10.4. The molecule has 0 saturated heterocycles. The molecule has 0 bridgehead atoms. The van der Waals surface area contributed by atoms with Crippen LogP contribution < -0.4 is 0 Å². The van der Waals surface area contributed by atoms with Gasteiger partial charge < -0.3 is 15.3 Å². The maximum absolute atomic E-state index is 12.6. The Morgan fingerprint density at radius 1 is 1.35 bits per heavy atom. The fourth-order valence-electron chi connectivity index (χ4n) is 1.48. The number of aliphatic hydroxyl groups is 2. The maximum Gasteiger partial charge on any atom is 0.419 e. The summed E-state index contributed by atoms with van der Waals surface area (Å²) in [4.78, 5) is 10.7. The van der Waals surface area contributed by atoms with Crippen LogP contribution in [0.15, 0.2) is 18.2 Å². The first kappa shape index (κ1) is 16.8. The third-order valence-corrected chi connectivity index (χ3v) is 3.40. The van der Waals surface area contributed by atoms with Crippen molar-refractivity contribution in [2.45, 2.75) is 25.3 Å². The van der Waals surface area contributed by atoms with Crippen LogP contribution in [0.5, 0.6) is 5.75 Å². The van der Waals surface area contributed by atoms with Crippen molar-refractivity contribution in [3.8, 4) is 5.75 Å². The van der Waals surface area contributed by atoms with Gasteiger partial charge in [-0.25, -0.2) is 0 Å². The van der Waals surface area contributed by atoms with E-state index in [2.05, 4.69) is 0 Å². The lowest BCUT2D eigenvalue weighted by molar-refractivity contribution is -0.138. The highest BCUT2D eigenvalue weighted by Crippen LogP contribution is 2.37. The Labute approximate surface area is 117 Å². The molecule has 0 fully saturated rings. The number of carbonyl (C=O) groups excluding carboxylic acids is 1. The molecule has 8 heteroatoms. The van der Waals surface area contributed by atoms with E-state index in [1.165, 1.54) is 6.92 Å². The average molecular weight is 310 g/mol. The average Bonchev–Trinajstić information content (AvgIpc) is 2.34. The van der Waals surface area contributed by atoms with Crippen molar-refractivity contribution >= 4 is 16.9 Å². The molecule has 1 aromatic rings. The second-order valence-electron chi connectivity index (χ2n) is 4.09. The van der Waals surface area contributed by atoms with Crippen molar-refractivity contribution in [1.29, 1.82) is 0 Å². The summed E-state index contributed by atoms with van der Waals surface area (Å²) < 4.78 is 37.8. The lowest BCUT2D eigenvalue weighted by Crippen LogP contribution is -2.22. The lowest BCUT2D eigenvalue weighted by atomic mass is 10.0. The molecule has 2 unspecified atom stereocenters. The largest absolute Gasteiger partial charge is 0.507 e. The zero-order chi connectivity index (χ0) is 15.5. The summed E-state index contributed by atoms with van der Waals surface area (Å²) in [6, 6.07) is 2.45. The Balaban J connectivity index is 2.94. The van der Waals surface area contributed by atoms with E-state index in [1.807, 2.05) is 0 Å². The van der Waals surface area contributed by atoms with Crippen LogP contribution in [0.3, 0.4) is 0 Å². The highest BCUT2D eigenvalue weighted by Gasteiger charge is 2.35. The van der Waals surface area contributed by atoms with Gasteiger partial charge in [0.1, 0.15) is 11.9 Å². The van der Waals surface area contributed by atoms with E-state index in [0.717, 1.165) is 23.9 Å². The molecular weight excluding hydrogens is 297 g/mol. The molecule has 0 radical (unpaired) electrons. The Bertz CT molecular complexity index is 490. The second-order valence-corrected chi connectivity index (χ2v) is 5.29. The molecule has 0 spiro atoms.